The second-order valence-electron chi connectivity index (χ2n) is 7.17. The molecule has 0 radical (unpaired) electrons. The summed E-state index contributed by atoms with van der Waals surface area (Å²) in [6.45, 7) is 6.18. The smallest absolute Gasteiger partial charge is 0.108 e. The lowest BCUT2D eigenvalue weighted by Crippen LogP contribution is -2.55. The fraction of sp³-hybridized carbons (Fsp3) is 0.941. The van der Waals surface area contributed by atoms with Crippen LogP contribution in [0.25, 0.3) is 0 Å². The molecule has 3 unspecified atom stereocenters. The van der Waals surface area contributed by atoms with Crippen LogP contribution in [0.15, 0.2) is 0 Å². The van der Waals surface area contributed by atoms with Gasteiger partial charge >= 0.3 is 0 Å². The van der Waals surface area contributed by atoms with Crippen molar-refractivity contribution in [3.8, 4) is 6.07 Å². The first-order chi connectivity index (χ1) is 10.0. The van der Waals surface area contributed by atoms with Gasteiger partial charge in [0.15, 0.2) is 0 Å². The zero-order valence-corrected chi connectivity index (χ0v) is 13.9. The predicted octanol–water partition coefficient (Wildman–Crippen LogP) is 2.69. The molecular weight excluding hydrogens is 262 g/mol. The van der Waals surface area contributed by atoms with Crippen LogP contribution in [0.4, 0.5) is 0 Å². The molecule has 4 heteroatoms. The van der Waals surface area contributed by atoms with Crippen molar-refractivity contribution < 1.29 is 4.74 Å². The van der Waals surface area contributed by atoms with Crippen LogP contribution in [-0.2, 0) is 4.74 Å². The van der Waals surface area contributed by atoms with Crippen molar-refractivity contribution in [1.82, 2.24) is 10.2 Å². The first kappa shape index (κ1) is 16.7. The molecule has 120 valence electrons. The van der Waals surface area contributed by atoms with E-state index >= 15 is 0 Å². The van der Waals surface area contributed by atoms with Crippen molar-refractivity contribution in [3.05, 3.63) is 0 Å². The van der Waals surface area contributed by atoms with E-state index in [1.165, 1.54) is 25.7 Å². The lowest BCUT2D eigenvalue weighted by atomic mass is 9.79. The maximum Gasteiger partial charge on any atom is 0.108 e. The molecule has 3 atom stereocenters. The summed E-state index contributed by atoms with van der Waals surface area (Å²) in [5, 5.41) is 13.2. The van der Waals surface area contributed by atoms with E-state index in [9.17, 15) is 5.26 Å². The minimum absolute atomic E-state index is 0.335. The normalized spacial score (nSPS) is 34.1. The first-order valence-electron chi connectivity index (χ1n) is 8.55. The van der Waals surface area contributed by atoms with Crippen LogP contribution in [0.3, 0.4) is 0 Å². The third kappa shape index (κ3) is 4.67. The van der Waals surface area contributed by atoms with Gasteiger partial charge in [-0.05, 0) is 65.8 Å². The summed E-state index contributed by atoms with van der Waals surface area (Å²) in [5.41, 5.74) is -0.335. The van der Waals surface area contributed by atoms with Crippen molar-refractivity contribution in [2.45, 2.75) is 82.5 Å². The number of rotatable bonds is 5. The van der Waals surface area contributed by atoms with E-state index in [4.69, 9.17) is 4.74 Å². The lowest BCUT2D eigenvalue weighted by molar-refractivity contribution is -0.0136. The molecule has 0 amide bonds. The second-order valence-corrected chi connectivity index (χ2v) is 7.17. The lowest BCUT2D eigenvalue weighted by Gasteiger charge is -2.42. The Morgan fingerprint density at radius 3 is 2.76 bits per heavy atom. The predicted molar refractivity (Wildman–Crippen MR) is 85.1 cm³/mol. The molecule has 0 aromatic rings. The molecule has 1 aliphatic carbocycles. The third-order valence-corrected chi connectivity index (χ3v) is 4.89. The van der Waals surface area contributed by atoms with E-state index in [-0.39, 0.29) is 5.54 Å². The van der Waals surface area contributed by atoms with Crippen LogP contribution in [0.1, 0.15) is 58.8 Å². The average molecular weight is 293 g/mol. The van der Waals surface area contributed by atoms with Gasteiger partial charge in [-0.1, -0.05) is 0 Å². The number of hydrogen-bond donors (Lipinski definition) is 1. The SMILES string of the molecule is CC(C)NC1(C#N)CCCC(N(C)CC2CCCCO2)C1. The van der Waals surface area contributed by atoms with Gasteiger partial charge in [0.05, 0.1) is 12.2 Å². The Hall–Kier alpha value is -0.630. The molecule has 21 heavy (non-hydrogen) atoms. The minimum Gasteiger partial charge on any atom is -0.377 e. The molecule has 0 aromatic heterocycles. The van der Waals surface area contributed by atoms with E-state index < -0.39 is 0 Å². The van der Waals surface area contributed by atoms with Gasteiger partial charge in [-0.25, -0.2) is 0 Å². The molecule has 1 saturated heterocycles. The van der Waals surface area contributed by atoms with Crippen LogP contribution in [0.5, 0.6) is 0 Å². The van der Waals surface area contributed by atoms with Crippen LogP contribution >= 0.6 is 0 Å². The number of ether oxygens (including phenoxy) is 1. The van der Waals surface area contributed by atoms with Crippen molar-refractivity contribution >= 4 is 0 Å². The maximum absolute atomic E-state index is 9.66. The molecule has 1 aliphatic heterocycles. The van der Waals surface area contributed by atoms with Crippen molar-refractivity contribution in [2.75, 3.05) is 20.2 Å². The van der Waals surface area contributed by atoms with Crippen LogP contribution < -0.4 is 5.32 Å². The van der Waals surface area contributed by atoms with E-state index in [1.807, 2.05) is 0 Å². The molecule has 1 heterocycles. The largest absolute Gasteiger partial charge is 0.377 e. The van der Waals surface area contributed by atoms with Crippen LogP contribution in [0.2, 0.25) is 0 Å². The molecule has 2 fully saturated rings. The molecule has 0 bridgehead atoms. The van der Waals surface area contributed by atoms with E-state index in [2.05, 4.69) is 37.2 Å². The van der Waals surface area contributed by atoms with Gasteiger partial charge in [0.1, 0.15) is 5.54 Å². The summed E-state index contributed by atoms with van der Waals surface area (Å²) >= 11 is 0. The zero-order chi connectivity index (χ0) is 15.3. The van der Waals surface area contributed by atoms with Gasteiger partial charge in [-0.3, -0.25) is 5.32 Å². The number of nitrogens with one attached hydrogen (secondary N) is 1. The molecule has 4 nitrogen and oxygen atoms in total. The minimum atomic E-state index is -0.335. The molecule has 1 N–H and O–H groups in total. The number of nitrogens with zero attached hydrogens (tertiary/aromatic N) is 2. The molecule has 0 aromatic carbocycles. The van der Waals surface area contributed by atoms with Gasteiger partial charge in [0.25, 0.3) is 0 Å². The van der Waals surface area contributed by atoms with E-state index in [0.717, 1.165) is 32.4 Å². The highest BCUT2D eigenvalue weighted by atomic mass is 16.5. The highest BCUT2D eigenvalue weighted by Crippen LogP contribution is 2.31. The standard InChI is InChI=1S/C17H31N3O/c1-14(2)19-17(13-18)9-6-7-15(11-17)20(3)12-16-8-4-5-10-21-16/h14-16,19H,4-12H2,1-3H3. The zero-order valence-electron chi connectivity index (χ0n) is 13.9. The van der Waals surface area contributed by atoms with Crippen LogP contribution in [-0.4, -0.2) is 48.8 Å². The summed E-state index contributed by atoms with van der Waals surface area (Å²) in [7, 11) is 2.20. The van der Waals surface area contributed by atoms with Gasteiger partial charge in [-0.15, -0.1) is 0 Å². The molecule has 2 aliphatic rings. The molecule has 0 spiro atoms. The van der Waals surface area contributed by atoms with Crippen molar-refractivity contribution in [3.63, 3.8) is 0 Å². The number of likely N-dealkylation sites (N-methyl/N-ethyl adjacent to an activating group) is 1. The Morgan fingerprint density at radius 2 is 2.14 bits per heavy atom. The Balaban J connectivity index is 1.91. The van der Waals surface area contributed by atoms with Gasteiger partial charge in [0.2, 0.25) is 0 Å². The Morgan fingerprint density at radius 1 is 1.33 bits per heavy atom. The van der Waals surface area contributed by atoms with Gasteiger partial charge in [-0.2, -0.15) is 5.26 Å². The van der Waals surface area contributed by atoms with E-state index in [0.29, 0.717) is 18.2 Å². The maximum atomic E-state index is 9.66. The number of hydrogen-bond acceptors (Lipinski definition) is 4. The van der Waals surface area contributed by atoms with Crippen LogP contribution in [0, 0.1) is 11.3 Å². The fourth-order valence-electron chi connectivity index (χ4n) is 3.86. The van der Waals surface area contributed by atoms with Crippen molar-refractivity contribution in [1.29, 1.82) is 5.26 Å². The summed E-state index contributed by atoms with van der Waals surface area (Å²) in [4.78, 5) is 2.43. The summed E-state index contributed by atoms with van der Waals surface area (Å²) in [6, 6.07) is 3.42. The Labute approximate surface area is 129 Å². The first-order valence-corrected chi connectivity index (χ1v) is 8.55. The van der Waals surface area contributed by atoms with Gasteiger partial charge in [0, 0.05) is 25.2 Å². The topological polar surface area (TPSA) is 48.3 Å². The molecule has 1 saturated carbocycles. The summed E-state index contributed by atoms with van der Waals surface area (Å²) in [6.07, 6.45) is 8.32. The highest BCUT2D eigenvalue weighted by Gasteiger charge is 2.38. The average Bonchev–Trinajstić information content (AvgIpc) is 2.48. The van der Waals surface area contributed by atoms with Gasteiger partial charge < -0.3 is 9.64 Å². The van der Waals surface area contributed by atoms with E-state index in [1.54, 1.807) is 0 Å². The summed E-state index contributed by atoms with van der Waals surface area (Å²) < 4.78 is 5.86. The molecule has 2 rings (SSSR count). The second kappa shape index (κ2) is 7.58. The molecular formula is C17H31N3O. The third-order valence-electron chi connectivity index (χ3n) is 4.89. The highest BCUT2D eigenvalue weighted by molar-refractivity contribution is 5.11. The Kier molecular flexibility index (Phi) is 6.04. The monoisotopic (exact) mass is 293 g/mol. The fourth-order valence-corrected chi connectivity index (χ4v) is 3.86. The Bertz CT molecular complexity index is 360. The summed E-state index contributed by atoms with van der Waals surface area (Å²) in [5.74, 6) is 0. The number of nitriles is 1. The quantitative estimate of drug-likeness (QED) is 0.846. The van der Waals surface area contributed by atoms with Crippen molar-refractivity contribution in [2.24, 2.45) is 0 Å².